The van der Waals surface area contributed by atoms with Gasteiger partial charge in [-0.25, -0.2) is 30.7 Å². The van der Waals surface area contributed by atoms with Crippen LogP contribution in [0.2, 0.25) is 0 Å². The number of halogens is 7. The standard InChI is InChI=1S/C29H19F7/c1-16(30)28(35)20-9-7-19(8-10-20)21-12-24(31)23(25(32)13-21)11-4-17-2-5-18(6-3-17)22-14-26(33)29(36)27(34)15-22/h2-3,5-10,12-15H,4,11H2,1H3. The van der Waals surface area contributed by atoms with Crippen LogP contribution in [0.15, 0.2) is 78.6 Å². The van der Waals surface area contributed by atoms with Crippen molar-refractivity contribution in [2.24, 2.45) is 0 Å². The fraction of sp³-hybridized carbons (Fsp3) is 0.103. The molecule has 0 aliphatic rings. The van der Waals surface area contributed by atoms with Crippen molar-refractivity contribution in [3.63, 3.8) is 0 Å². The van der Waals surface area contributed by atoms with Crippen LogP contribution in [0.3, 0.4) is 0 Å². The van der Waals surface area contributed by atoms with E-state index < -0.39 is 40.7 Å². The average Bonchev–Trinajstić information content (AvgIpc) is 2.86. The molecule has 4 rings (SSSR count). The third-order valence-electron chi connectivity index (χ3n) is 5.85. The predicted molar refractivity (Wildman–Crippen MR) is 126 cm³/mol. The molecule has 0 aliphatic carbocycles. The zero-order valence-electron chi connectivity index (χ0n) is 19.0. The quantitative estimate of drug-likeness (QED) is 0.183. The maximum atomic E-state index is 14.7. The zero-order chi connectivity index (χ0) is 26.0. The van der Waals surface area contributed by atoms with Gasteiger partial charge in [0.25, 0.3) is 0 Å². The normalized spacial score (nSPS) is 12.0. The van der Waals surface area contributed by atoms with Crippen LogP contribution in [0.25, 0.3) is 28.1 Å². The van der Waals surface area contributed by atoms with E-state index in [2.05, 4.69) is 0 Å². The molecule has 0 N–H and O–H groups in total. The lowest BCUT2D eigenvalue weighted by Crippen LogP contribution is -2.00. The van der Waals surface area contributed by atoms with Crippen LogP contribution < -0.4 is 0 Å². The number of hydrogen-bond acceptors (Lipinski definition) is 0. The van der Waals surface area contributed by atoms with E-state index in [0.29, 0.717) is 17.5 Å². The third kappa shape index (κ3) is 5.35. The number of aryl methyl sites for hydroxylation is 1. The van der Waals surface area contributed by atoms with Crippen LogP contribution in [0.4, 0.5) is 30.7 Å². The van der Waals surface area contributed by atoms with Crippen molar-refractivity contribution in [2.75, 3.05) is 0 Å². The minimum atomic E-state index is -1.54. The van der Waals surface area contributed by atoms with Crippen LogP contribution >= 0.6 is 0 Å². The lowest BCUT2D eigenvalue weighted by molar-refractivity contribution is 0.448. The first-order valence-corrected chi connectivity index (χ1v) is 11.0. The summed E-state index contributed by atoms with van der Waals surface area (Å²) in [6.07, 6.45) is 0.352. The first-order valence-electron chi connectivity index (χ1n) is 11.0. The van der Waals surface area contributed by atoms with Gasteiger partial charge in [-0.3, -0.25) is 0 Å². The van der Waals surface area contributed by atoms with E-state index in [0.717, 1.165) is 24.6 Å². The Morgan fingerprint density at radius 2 is 1.00 bits per heavy atom. The summed E-state index contributed by atoms with van der Waals surface area (Å²) in [5, 5.41) is 0. The lowest BCUT2D eigenvalue weighted by Gasteiger charge is -2.10. The first-order chi connectivity index (χ1) is 17.1. The molecular formula is C29H19F7. The summed E-state index contributed by atoms with van der Waals surface area (Å²) in [6.45, 7) is 0.995. The van der Waals surface area contributed by atoms with Crippen molar-refractivity contribution in [1.29, 1.82) is 0 Å². The van der Waals surface area contributed by atoms with E-state index in [1.165, 1.54) is 36.4 Å². The third-order valence-corrected chi connectivity index (χ3v) is 5.85. The summed E-state index contributed by atoms with van der Waals surface area (Å²) >= 11 is 0. The summed E-state index contributed by atoms with van der Waals surface area (Å²) in [4.78, 5) is 0. The van der Waals surface area contributed by atoms with Crippen molar-refractivity contribution in [3.8, 4) is 22.3 Å². The Hall–Kier alpha value is -3.87. The maximum Gasteiger partial charge on any atom is 0.194 e. The predicted octanol–water partition coefficient (Wildman–Crippen LogP) is 9.13. The van der Waals surface area contributed by atoms with Gasteiger partial charge in [-0.05, 0) is 71.8 Å². The molecule has 184 valence electrons. The molecule has 0 saturated heterocycles. The van der Waals surface area contributed by atoms with Crippen LogP contribution in [0.5, 0.6) is 0 Å². The van der Waals surface area contributed by atoms with E-state index in [1.807, 2.05) is 0 Å². The van der Waals surface area contributed by atoms with Gasteiger partial charge in [0.05, 0.1) is 0 Å². The van der Waals surface area contributed by atoms with Gasteiger partial charge in [0.15, 0.2) is 23.3 Å². The minimum Gasteiger partial charge on any atom is -0.209 e. The topological polar surface area (TPSA) is 0 Å². The van der Waals surface area contributed by atoms with Crippen LogP contribution in [-0.2, 0) is 12.8 Å². The fourth-order valence-corrected chi connectivity index (χ4v) is 3.87. The Morgan fingerprint density at radius 3 is 1.47 bits per heavy atom. The number of allylic oxidation sites excluding steroid dienone is 1. The van der Waals surface area contributed by atoms with E-state index in [-0.39, 0.29) is 28.7 Å². The molecule has 0 aromatic heterocycles. The Balaban J connectivity index is 1.48. The summed E-state index contributed by atoms with van der Waals surface area (Å²) in [5.41, 5.74) is 1.97. The van der Waals surface area contributed by atoms with E-state index >= 15 is 0 Å². The second kappa shape index (κ2) is 10.4. The average molecular weight is 500 g/mol. The van der Waals surface area contributed by atoms with Gasteiger partial charge in [0, 0.05) is 11.1 Å². The zero-order valence-corrected chi connectivity index (χ0v) is 19.0. The van der Waals surface area contributed by atoms with Crippen molar-refractivity contribution in [3.05, 3.63) is 124 Å². The van der Waals surface area contributed by atoms with E-state index in [4.69, 9.17) is 0 Å². The highest BCUT2D eigenvalue weighted by Crippen LogP contribution is 2.29. The van der Waals surface area contributed by atoms with Crippen molar-refractivity contribution in [2.45, 2.75) is 19.8 Å². The maximum absolute atomic E-state index is 14.7. The molecule has 0 fully saturated rings. The molecule has 36 heavy (non-hydrogen) atoms. The first kappa shape index (κ1) is 25.2. The fourth-order valence-electron chi connectivity index (χ4n) is 3.87. The monoisotopic (exact) mass is 500 g/mol. The molecule has 7 heteroatoms. The minimum absolute atomic E-state index is 0.0250. The lowest BCUT2D eigenvalue weighted by atomic mass is 9.97. The van der Waals surface area contributed by atoms with Gasteiger partial charge >= 0.3 is 0 Å². The highest BCUT2D eigenvalue weighted by atomic mass is 19.2. The van der Waals surface area contributed by atoms with Crippen molar-refractivity contribution < 1.29 is 30.7 Å². The molecule has 4 aromatic carbocycles. The van der Waals surface area contributed by atoms with E-state index in [1.54, 1.807) is 24.3 Å². The Bertz CT molecular complexity index is 1390. The molecule has 4 aromatic rings. The molecule has 0 aliphatic heterocycles. The van der Waals surface area contributed by atoms with Crippen LogP contribution in [0.1, 0.15) is 23.6 Å². The largest absolute Gasteiger partial charge is 0.209 e. The molecule has 0 saturated carbocycles. The van der Waals surface area contributed by atoms with E-state index in [9.17, 15) is 30.7 Å². The molecule has 0 bridgehead atoms. The summed E-state index contributed by atoms with van der Waals surface area (Å²) < 4.78 is 96.4. The molecule has 0 atom stereocenters. The highest BCUT2D eigenvalue weighted by Gasteiger charge is 2.14. The van der Waals surface area contributed by atoms with Gasteiger partial charge in [-0.2, -0.15) is 0 Å². The molecule has 0 nitrogen and oxygen atoms in total. The summed E-state index contributed by atoms with van der Waals surface area (Å²) in [5.74, 6) is -7.57. The Morgan fingerprint density at radius 1 is 0.556 bits per heavy atom. The van der Waals surface area contributed by atoms with Crippen molar-refractivity contribution in [1.82, 2.24) is 0 Å². The number of rotatable bonds is 6. The van der Waals surface area contributed by atoms with Gasteiger partial charge < -0.3 is 0 Å². The molecule has 0 amide bonds. The Labute approximate surface area is 203 Å². The highest BCUT2D eigenvalue weighted by molar-refractivity contribution is 5.69. The number of hydrogen-bond donors (Lipinski definition) is 0. The summed E-state index contributed by atoms with van der Waals surface area (Å²) in [7, 11) is 0. The van der Waals surface area contributed by atoms with Gasteiger partial charge in [-0.1, -0.05) is 48.5 Å². The second-order valence-corrected chi connectivity index (χ2v) is 8.29. The SMILES string of the molecule is CC(F)=C(F)c1ccc(-c2cc(F)c(CCc3ccc(-c4cc(F)c(F)c(F)c4)cc3)c(F)c2)cc1. The van der Waals surface area contributed by atoms with Crippen molar-refractivity contribution >= 4 is 5.83 Å². The van der Waals surface area contributed by atoms with Gasteiger partial charge in [0.1, 0.15) is 17.5 Å². The Kier molecular flexibility index (Phi) is 7.29. The smallest absolute Gasteiger partial charge is 0.194 e. The molecular weight excluding hydrogens is 481 g/mol. The molecule has 0 spiro atoms. The molecule has 0 heterocycles. The van der Waals surface area contributed by atoms with Gasteiger partial charge in [0.2, 0.25) is 0 Å². The van der Waals surface area contributed by atoms with Crippen LogP contribution in [0, 0.1) is 29.1 Å². The molecule has 0 unspecified atom stereocenters. The second-order valence-electron chi connectivity index (χ2n) is 8.29. The number of benzene rings is 4. The summed E-state index contributed by atoms with van der Waals surface area (Å²) in [6, 6.07) is 16.2. The van der Waals surface area contributed by atoms with Gasteiger partial charge in [-0.15, -0.1) is 0 Å². The molecule has 0 radical (unpaired) electrons. The van der Waals surface area contributed by atoms with Crippen LogP contribution in [-0.4, -0.2) is 0 Å².